The van der Waals surface area contributed by atoms with Crippen molar-refractivity contribution in [1.29, 1.82) is 0 Å². The molecule has 0 radical (unpaired) electrons. The second-order valence-corrected chi connectivity index (χ2v) is 4.86. The molecule has 3 nitrogen and oxygen atoms in total. The number of halogens is 1. The van der Waals surface area contributed by atoms with Crippen molar-refractivity contribution in [3.63, 3.8) is 0 Å². The number of rotatable bonds is 0. The molecule has 0 aliphatic rings. The van der Waals surface area contributed by atoms with Crippen LogP contribution in [-0.4, -0.2) is 4.40 Å². The third kappa shape index (κ3) is 1.42. The predicted molar refractivity (Wildman–Crippen MR) is 76.0 cm³/mol. The quantitative estimate of drug-likeness (QED) is 0.486. The van der Waals surface area contributed by atoms with Crippen molar-refractivity contribution < 1.29 is 4.42 Å². The maximum Gasteiger partial charge on any atom is 0.360 e. The van der Waals surface area contributed by atoms with Crippen molar-refractivity contribution in [3.8, 4) is 0 Å². The van der Waals surface area contributed by atoms with Gasteiger partial charge in [0, 0.05) is 16.5 Å². The molecule has 0 N–H and O–H groups in total. The lowest BCUT2D eigenvalue weighted by Gasteiger charge is -2.03. The molecule has 0 spiro atoms. The molecule has 0 saturated heterocycles. The number of benzene rings is 2. The minimum atomic E-state index is -0.356. The third-order valence-corrected chi connectivity index (χ3v) is 3.52. The van der Waals surface area contributed by atoms with Crippen molar-refractivity contribution in [3.05, 3.63) is 64.0 Å². The van der Waals surface area contributed by atoms with E-state index in [0.29, 0.717) is 16.1 Å². The van der Waals surface area contributed by atoms with Gasteiger partial charge in [-0.15, -0.1) is 0 Å². The van der Waals surface area contributed by atoms with Gasteiger partial charge < -0.3 is 4.42 Å². The molecule has 2 heterocycles. The van der Waals surface area contributed by atoms with Crippen LogP contribution < -0.4 is 5.63 Å². The summed E-state index contributed by atoms with van der Waals surface area (Å²) >= 11 is 5.94. The van der Waals surface area contributed by atoms with Gasteiger partial charge in [-0.25, -0.2) is 4.79 Å². The Balaban J connectivity index is 2.40. The highest BCUT2D eigenvalue weighted by atomic mass is 35.5. The minimum absolute atomic E-state index is 0.356. The molecule has 4 rings (SSSR count). The standard InChI is InChI=1S/C15H8ClNO2/c16-10-5-6-12-14(8-10)19-15(18)13-7-9-3-1-2-4-11(9)17(12)13/h1-8H. The fraction of sp³-hybridized carbons (Fsp3) is 0. The summed E-state index contributed by atoms with van der Waals surface area (Å²) in [6, 6.07) is 15.0. The van der Waals surface area contributed by atoms with E-state index in [2.05, 4.69) is 0 Å². The molecular formula is C15H8ClNO2. The molecule has 0 bridgehead atoms. The average Bonchev–Trinajstić information content (AvgIpc) is 2.79. The van der Waals surface area contributed by atoms with Gasteiger partial charge in [-0.05, 0) is 24.3 Å². The minimum Gasteiger partial charge on any atom is -0.420 e. The zero-order valence-electron chi connectivity index (χ0n) is 9.76. The first-order valence-electron chi connectivity index (χ1n) is 5.86. The Morgan fingerprint density at radius 1 is 0.947 bits per heavy atom. The van der Waals surface area contributed by atoms with Crippen LogP contribution >= 0.6 is 11.6 Å². The Bertz CT molecular complexity index is 997. The van der Waals surface area contributed by atoms with Gasteiger partial charge in [0.15, 0.2) is 5.58 Å². The molecule has 0 atom stereocenters. The molecule has 4 aromatic rings. The summed E-state index contributed by atoms with van der Waals surface area (Å²) in [5, 5.41) is 1.56. The van der Waals surface area contributed by atoms with Crippen LogP contribution in [0.4, 0.5) is 0 Å². The maximum atomic E-state index is 12.0. The summed E-state index contributed by atoms with van der Waals surface area (Å²) in [7, 11) is 0. The summed E-state index contributed by atoms with van der Waals surface area (Å²) in [4.78, 5) is 12.0. The van der Waals surface area contributed by atoms with Gasteiger partial charge in [-0.3, -0.25) is 4.40 Å². The number of hydrogen-bond acceptors (Lipinski definition) is 2. The van der Waals surface area contributed by atoms with Crippen LogP contribution in [-0.2, 0) is 0 Å². The molecule has 92 valence electrons. The van der Waals surface area contributed by atoms with Gasteiger partial charge in [0.05, 0.1) is 11.0 Å². The highest BCUT2D eigenvalue weighted by molar-refractivity contribution is 6.31. The first-order valence-corrected chi connectivity index (χ1v) is 6.24. The summed E-state index contributed by atoms with van der Waals surface area (Å²) in [5.41, 5.74) is 2.49. The van der Waals surface area contributed by atoms with E-state index in [0.717, 1.165) is 16.4 Å². The predicted octanol–water partition coefficient (Wildman–Crippen LogP) is 3.85. The lowest BCUT2D eigenvalue weighted by Crippen LogP contribution is -2.03. The number of fused-ring (bicyclic) bond motifs is 5. The Morgan fingerprint density at radius 3 is 2.68 bits per heavy atom. The Labute approximate surface area is 112 Å². The third-order valence-electron chi connectivity index (χ3n) is 3.29. The van der Waals surface area contributed by atoms with Crippen LogP contribution in [0.5, 0.6) is 0 Å². The van der Waals surface area contributed by atoms with E-state index >= 15 is 0 Å². The van der Waals surface area contributed by atoms with E-state index in [4.69, 9.17) is 16.0 Å². The van der Waals surface area contributed by atoms with Crippen molar-refractivity contribution in [2.75, 3.05) is 0 Å². The van der Waals surface area contributed by atoms with Crippen molar-refractivity contribution in [1.82, 2.24) is 4.40 Å². The van der Waals surface area contributed by atoms with Gasteiger partial charge in [0.1, 0.15) is 5.52 Å². The lowest BCUT2D eigenvalue weighted by atomic mass is 10.2. The monoisotopic (exact) mass is 269 g/mol. The molecule has 19 heavy (non-hydrogen) atoms. The van der Waals surface area contributed by atoms with Crippen molar-refractivity contribution in [2.45, 2.75) is 0 Å². The smallest absolute Gasteiger partial charge is 0.360 e. The van der Waals surface area contributed by atoms with Gasteiger partial charge in [0.2, 0.25) is 0 Å². The van der Waals surface area contributed by atoms with E-state index in [1.54, 1.807) is 12.1 Å². The summed E-state index contributed by atoms with van der Waals surface area (Å²) in [6.45, 7) is 0. The Morgan fingerprint density at radius 2 is 1.79 bits per heavy atom. The van der Waals surface area contributed by atoms with Crippen LogP contribution in [0.1, 0.15) is 0 Å². The van der Waals surface area contributed by atoms with Gasteiger partial charge in [-0.2, -0.15) is 0 Å². The van der Waals surface area contributed by atoms with Gasteiger partial charge in [-0.1, -0.05) is 29.8 Å². The van der Waals surface area contributed by atoms with Gasteiger partial charge >= 0.3 is 5.63 Å². The summed E-state index contributed by atoms with van der Waals surface area (Å²) < 4.78 is 7.23. The molecule has 0 aliphatic carbocycles. The lowest BCUT2D eigenvalue weighted by molar-refractivity contribution is 0.563. The van der Waals surface area contributed by atoms with E-state index in [-0.39, 0.29) is 5.63 Å². The van der Waals surface area contributed by atoms with E-state index in [1.165, 1.54) is 0 Å². The molecule has 0 fully saturated rings. The maximum absolute atomic E-state index is 12.0. The van der Waals surface area contributed by atoms with Crippen LogP contribution in [0.15, 0.2) is 57.7 Å². The average molecular weight is 270 g/mol. The van der Waals surface area contributed by atoms with E-state index in [9.17, 15) is 4.79 Å². The zero-order chi connectivity index (χ0) is 13.0. The van der Waals surface area contributed by atoms with Crippen LogP contribution in [0, 0.1) is 0 Å². The molecule has 0 unspecified atom stereocenters. The summed E-state index contributed by atoms with van der Waals surface area (Å²) in [6.07, 6.45) is 0. The van der Waals surface area contributed by atoms with Gasteiger partial charge in [0.25, 0.3) is 0 Å². The number of hydrogen-bond donors (Lipinski definition) is 0. The molecule has 2 aromatic heterocycles. The van der Waals surface area contributed by atoms with Crippen LogP contribution in [0.25, 0.3) is 27.5 Å². The molecule has 0 saturated carbocycles. The fourth-order valence-electron chi connectivity index (χ4n) is 2.47. The van der Waals surface area contributed by atoms with E-state index < -0.39 is 0 Å². The first kappa shape index (κ1) is 10.6. The molecule has 2 aromatic carbocycles. The fourth-order valence-corrected chi connectivity index (χ4v) is 2.63. The normalized spacial score (nSPS) is 11.6. The number of para-hydroxylation sites is 1. The molecular weight excluding hydrogens is 262 g/mol. The Kier molecular flexibility index (Phi) is 2.03. The van der Waals surface area contributed by atoms with Crippen LogP contribution in [0.2, 0.25) is 5.02 Å². The van der Waals surface area contributed by atoms with Crippen molar-refractivity contribution >= 4 is 39.1 Å². The summed E-state index contributed by atoms with van der Waals surface area (Å²) in [5.74, 6) is 0. The number of nitrogens with zero attached hydrogens (tertiary/aromatic N) is 1. The number of aromatic nitrogens is 1. The zero-order valence-corrected chi connectivity index (χ0v) is 10.5. The first-order chi connectivity index (χ1) is 9.24. The molecule has 0 aliphatic heterocycles. The Hall–Kier alpha value is -2.26. The largest absolute Gasteiger partial charge is 0.420 e. The SMILES string of the molecule is O=c1oc2cc(Cl)ccc2n2c1cc1ccccc12. The highest BCUT2D eigenvalue weighted by Crippen LogP contribution is 2.25. The van der Waals surface area contributed by atoms with Crippen molar-refractivity contribution in [2.24, 2.45) is 0 Å². The molecule has 4 heteroatoms. The van der Waals surface area contributed by atoms with E-state index in [1.807, 2.05) is 40.8 Å². The molecule has 0 amide bonds. The topological polar surface area (TPSA) is 34.6 Å². The van der Waals surface area contributed by atoms with Crippen LogP contribution in [0.3, 0.4) is 0 Å². The second-order valence-electron chi connectivity index (χ2n) is 4.43. The second kappa shape index (κ2) is 3.62. The highest BCUT2D eigenvalue weighted by Gasteiger charge is 2.11.